The fraction of sp³-hybridized carbons (Fsp3) is 0.571. The van der Waals surface area contributed by atoms with Crippen LogP contribution < -0.4 is 15.4 Å². The van der Waals surface area contributed by atoms with E-state index in [0.717, 1.165) is 30.1 Å². The number of guanidine groups is 1. The Morgan fingerprint density at radius 1 is 1.23 bits per heavy atom. The van der Waals surface area contributed by atoms with Gasteiger partial charge in [0, 0.05) is 18.7 Å². The van der Waals surface area contributed by atoms with Crippen LogP contribution in [0.1, 0.15) is 54.9 Å². The van der Waals surface area contributed by atoms with Crippen molar-refractivity contribution in [3.63, 3.8) is 0 Å². The number of aryl methyl sites for hydroxylation is 2. The molecule has 2 N–H and O–H groups in total. The second kappa shape index (κ2) is 10.4. The molecule has 0 unspecified atom stereocenters. The number of hydrogen-bond donors (Lipinski definition) is 2. The van der Waals surface area contributed by atoms with Gasteiger partial charge in [0.2, 0.25) is 0 Å². The highest BCUT2D eigenvalue weighted by Gasteiger charge is 2.16. The first-order chi connectivity index (χ1) is 14.4. The van der Waals surface area contributed by atoms with Crippen LogP contribution in [0.15, 0.2) is 23.2 Å². The first kappa shape index (κ1) is 22.0. The number of nitrogens with zero attached hydrogens (tertiary/aromatic N) is 4. The average Bonchev–Trinajstić information content (AvgIpc) is 3.04. The number of rotatable bonds is 7. The van der Waals surface area contributed by atoms with Crippen LogP contribution in [0.3, 0.4) is 0 Å². The third kappa shape index (κ3) is 6.14. The van der Waals surface area contributed by atoms with Crippen LogP contribution in [-0.4, -0.2) is 33.4 Å². The van der Waals surface area contributed by atoms with Gasteiger partial charge in [0.25, 0.3) is 0 Å². The molecule has 2 aromatic rings. The van der Waals surface area contributed by atoms with Gasteiger partial charge in [0.15, 0.2) is 11.8 Å². The normalized spacial score (nSPS) is 15.5. The third-order valence-electron chi connectivity index (χ3n) is 5.38. The second-order valence-electron chi connectivity index (χ2n) is 7.71. The summed E-state index contributed by atoms with van der Waals surface area (Å²) < 4.78 is 32.1. The van der Waals surface area contributed by atoms with Gasteiger partial charge in [-0.05, 0) is 32.8 Å². The van der Waals surface area contributed by atoms with Crippen molar-refractivity contribution in [1.29, 1.82) is 0 Å². The summed E-state index contributed by atoms with van der Waals surface area (Å²) in [5.74, 6) is 2.41. The Morgan fingerprint density at radius 3 is 2.67 bits per heavy atom. The largest absolute Gasteiger partial charge is 0.434 e. The third-order valence-corrected chi connectivity index (χ3v) is 5.38. The molecular weight excluding hydrogens is 390 g/mol. The number of alkyl halides is 2. The van der Waals surface area contributed by atoms with E-state index in [1.807, 2.05) is 31.5 Å². The van der Waals surface area contributed by atoms with Gasteiger partial charge < -0.3 is 19.9 Å². The van der Waals surface area contributed by atoms with Gasteiger partial charge in [0.1, 0.15) is 11.6 Å². The highest BCUT2D eigenvalue weighted by molar-refractivity contribution is 5.80. The smallest absolute Gasteiger partial charge is 0.387 e. The number of benzene rings is 1. The van der Waals surface area contributed by atoms with Crippen molar-refractivity contribution >= 4 is 5.96 Å². The summed E-state index contributed by atoms with van der Waals surface area (Å²) in [7, 11) is 1.92. The van der Waals surface area contributed by atoms with E-state index in [9.17, 15) is 8.78 Å². The molecule has 7 nitrogen and oxygen atoms in total. The van der Waals surface area contributed by atoms with Crippen molar-refractivity contribution < 1.29 is 13.5 Å². The molecule has 1 aromatic carbocycles. The molecule has 1 saturated carbocycles. The minimum absolute atomic E-state index is 0.153. The minimum atomic E-state index is -2.87. The van der Waals surface area contributed by atoms with E-state index < -0.39 is 6.61 Å². The molecule has 1 fully saturated rings. The highest BCUT2D eigenvalue weighted by Crippen LogP contribution is 2.23. The van der Waals surface area contributed by atoms with Gasteiger partial charge in [-0.15, -0.1) is 10.2 Å². The first-order valence-electron chi connectivity index (χ1n) is 10.4. The predicted octanol–water partition coefficient (Wildman–Crippen LogP) is 3.60. The minimum Gasteiger partial charge on any atom is -0.434 e. The average molecular weight is 421 g/mol. The number of nitrogens with one attached hydrogen (secondary N) is 2. The Hall–Kier alpha value is -2.71. The van der Waals surface area contributed by atoms with Crippen LogP contribution in [0.25, 0.3) is 0 Å². The number of halogens is 2. The van der Waals surface area contributed by atoms with Crippen LogP contribution >= 0.6 is 0 Å². The van der Waals surface area contributed by atoms with E-state index in [-0.39, 0.29) is 12.3 Å². The molecule has 164 valence electrons. The molecule has 0 spiro atoms. The van der Waals surface area contributed by atoms with Gasteiger partial charge in [-0.2, -0.15) is 8.78 Å². The number of aliphatic imine (C=N–C) groups is 1. The molecule has 0 saturated heterocycles. The zero-order valence-electron chi connectivity index (χ0n) is 17.8. The lowest BCUT2D eigenvalue weighted by molar-refractivity contribution is -0.0504. The van der Waals surface area contributed by atoms with Gasteiger partial charge in [-0.1, -0.05) is 37.0 Å². The predicted molar refractivity (Wildman–Crippen MR) is 112 cm³/mol. The highest BCUT2D eigenvalue weighted by atomic mass is 19.3. The maximum atomic E-state index is 12.8. The Labute approximate surface area is 175 Å². The van der Waals surface area contributed by atoms with Crippen molar-refractivity contribution in [2.75, 3.05) is 0 Å². The van der Waals surface area contributed by atoms with E-state index in [0.29, 0.717) is 24.1 Å². The monoisotopic (exact) mass is 420 g/mol. The van der Waals surface area contributed by atoms with E-state index in [4.69, 9.17) is 0 Å². The molecule has 30 heavy (non-hydrogen) atoms. The molecule has 0 aliphatic heterocycles. The van der Waals surface area contributed by atoms with Crippen molar-refractivity contribution in [1.82, 2.24) is 25.4 Å². The SMILES string of the molecule is Cc1ccc(OC(F)F)c(CN=C(NCc2nnc(C)n2C)NC2CCCCC2)c1. The second-order valence-corrected chi connectivity index (χ2v) is 7.71. The van der Waals surface area contributed by atoms with Crippen molar-refractivity contribution in [3.8, 4) is 5.75 Å². The number of aromatic nitrogens is 3. The molecule has 1 aliphatic rings. The molecule has 9 heteroatoms. The summed E-state index contributed by atoms with van der Waals surface area (Å²) in [6, 6.07) is 5.49. The Bertz CT molecular complexity index is 861. The van der Waals surface area contributed by atoms with E-state index in [2.05, 4.69) is 30.6 Å². The maximum Gasteiger partial charge on any atom is 0.387 e. The van der Waals surface area contributed by atoms with Gasteiger partial charge >= 0.3 is 6.61 Å². The summed E-state index contributed by atoms with van der Waals surface area (Å²) >= 11 is 0. The molecular formula is C21H30F2N6O. The lowest BCUT2D eigenvalue weighted by Crippen LogP contribution is -2.44. The molecule has 3 rings (SSSR count). The Kier molecular flexibility index (Phi) is 7.59. The lowest BCUT2D eigenvalue weighted by Gasteiger charge is -2.25. The number of hydrogen-bond acceptors (Lipinski definition) is 4. The van der Waals surface area contributed by atoms with Gasteiger partial charge in [-0.25, -0.2) is 4.99 Å². The summed E-state index contributed by atoms with van der Waals surface area (Å²) in [4.78, 5) is 4.66. The van der Waals surface area contributed by atoms with Crippen LogP contribution in [0.4, 0.5) is 8.78 Å². The Balaban J connectivity index is 1.75. The molecule has 1 heterocycles. The van der Waals surface area contributed by atoms with Crippen molar-refractivity contribution in [2.24, 2.45) is 12.0 Å². The van der Waals surface area contributed by atoms with Gasteiger partial charge in [-0.3, -0.25) is 0 Å². The molecule has 0 bridgehead atoms. The zero-order chi connectivity index (χ0) is 21.5. The van der Waals surface area contributed by atoms with E-state index in [1.54, 1.807) is 12.1 Å². The van der Waals surface area contributed by atoms with E-state index >= 15 is 0 Å². The van der Waals surface area contributed by atoms with Crippen LogP contribution in [0.2, 0.25) is 0 Å². The summed E-state index contributed by atoms with van der Waals surface area (Å²) in [5.41, 5.74) is 1.58. The van der Waals surface area contributed by atoms with Crippen molar-refractivity contribution in [2.45, 2.75) is 71.7 Å². The molecule has 0 atom stereocenters. The first-order valence-corrected chi connectivity index (χ1v) is 10.4. The fourth-order valence-corrected chi connectivity index (χ4v) is 3.57. The quantitative estimate of drug-likeness (QED) is 0.529. The fourth-order valence-electron chi connectivity index (χ4n) is 3.57. The summed E-state index contributed by atoms with van der Waals surface area (Å²) in [6.45, 7) is 1.63. The zero-order valence-corrected chi connectivity index (χ0v) is 17.8. The molecule has 0 amide bonds. The molecule has 0 radical (unpaired) electrons. The van der Waals surface area contributed by atoms with Crippen LogP contribution in [0.5, 0.6) is 5.75 Å². The Morgan fingerprint density at radius 2 is 2.00 bits per heavy atom. The topological polar surface area (TPSA) is 76.4 Å². The van der Waals surface area contributed by atoms with Crippen molar-refractivity contribution in [3.05, 3.63) is 41.0 Å². The standard InChI is InChI=1S/C21H30F2N6O/c1-14-9-10-18(30-20(22)23)16(11-14)12-24-21(26-17-7-5-4-6-8-17)25-13-19-28-27-15(2)29(19)3/h9-11,17,20H,4-8,12-13H2,1-3H3,(H2,24,25,26). The maximum absolute atomic E-state index is 12.8. The number of ether oxygens (including phenoxy) is 1. The lowest BCUT2D eigenvalue weighted by atomic mass is 9.96. The molecule has 1 aliphatic carbocycles. The van der Waals surface area contributed by atoms with Crippen LogP contribution in [-0.2, 0) is 20.1 Å². The van der Waals surface area contributed by atoms with E-state index in [1.165, 1.54) is 19.3 Å². The summed E-state index contributed by atoms with van der Waals surface area (Å²) in [6.07, 6.45) is 5.82. The summed E-state index contributed by atoms with van der Waals surface area (Å²) in [5, 5.41) is 15.1. The molecule has 1 aromatic heterocycles. The van der Waals surface area contributed by atoms with Crippen LogP contribution in [0, 0.1) is 13.8 Å². The van der Waals surface area contributed by atoms with Gasteiger partial charge in [0.05, 0.1) is 13.1 Å².